The number of amides is 2. The summed E-state index contributed by atoms with van der Waals surface area (Å²) in [6.45, 7) is 2.21. The van der Waals surface area contributed by atoms with Gasteiger partial charge < -0.3 is 25.0 Å². The van der Waals surface area contributed by atoms with Crippen molar-refractivity contribution in [3.8, 4) is 5.75 Å². The monoisotopic (exact) mass is 399 g/mol. The van der Waals surface area contributed by atoms with E-state index in [4.69, 9.17) is 9.47 Å². The van der Waals surface area contributed by atoms with Crippen molar-refractivity contribution in [2.75, 3.05) is 48.9 Å². The minimum absolute atomic E-state index is 0.122. The van der Waals surface area contributed by atoms with Crippen molar-refractivity contribution < 1.29 is 19.1 Å². The molecule has 10 heteroatoms. The van der Waals surface area contributed by atoms with Gasteiger partial charge >= 0.3 is 0 Å². The van der Waals surface area contributed by atoms with E-state index in [9.17, 15) is 14.4 Å². The molecule has 10 nitrogen and oxygen atoms in total. The summed E-state index contributed by atoms with van der Waals surface area (Å²) in [5.74, 6) is -0.710. The van der Waals surface area contributed by atoms with Crippen molar-refractivity contribution in [3.63, 3.8) is 0 Å². The number of aromatic amines is 1. The molecule has 1 aromatic carbocycles. The Morgan fingerprint density at radius 2 is 2.10 bits per heavy atom. The van der Waals surface area contributed by atoms with Crippen LogP contribution in [0.3, 0.4) is 0 Å². The van der Waals surface area contributed by atoms with E-state index in [0.717, 1.165) is 0 Å². The molecule has 3 N–H and O–H groups in total. The van der Waals surface area contributed by atoms with E-state index in [1.165, 1.54) is 7.11 Å². The molecule has 29 heavy (non-hydrogen) atoms. The molecule has 0 saturated carbocycles. The Hall–Kier alpha value is -3.40. The number of ether oxygens (including phenoxy) is 2. The summed E-state index contributed by atoms with van der Waals surface area (Å²) in [6, 6.07) is 6.85. The van der Waals surface area contributed by atoms with Gasteiger partial charge in [-0.3, -0.25) is 19.4 Å². The molecule has 0 spiro atoms. The molecule has 2 aliphatic heterocycles. The molecule has 1 aromatic heterocycles. The Labute approximate surface area is 166 Å². The highest BCUT2D eigenvalue weighted by Gasteiger charge is 2.35. The summed E-state index contributed by atoms with van der Waals surface area (Å²) in [5.41, 5.74) is 0.223. The molecular weight excluding hydrogens is 378 g/mol. The van der Waals surface area contributed by atoms with Gasteiger partial charge in [-0.05, 0) is 12.1 Å². The Balaban J connectivity index is 1.63. The summed E-state index contributed by atoms with van der Waals surface area (Å²) < 4.78 is 10.5. The number of anilines is 3. The van der Waals surface area contributed by atoms with Crippen LogP contribution < -0.4 is 25.8 Å². The molecule has 2 aliphatic rings. The first-order chi connectivity index (χ1) is 14.0. The van der Waals surface area contributed by atoms with Crippen LogP contribution in [-0.2, 0) is 14.3 Å². The number of carbonyl (C=O) groups excluding carboxylic acids is 2. The number of rotatable bonds is 4. The molecule has 2 amide bonds. The number of hydrogen-bond acceptors (Lipinski definition) is 7. The number of morpholine rings is 1. The summed E-state index contributed by atoms with van der Waals surface area (Å²) in [6.07, 6.45) is -0.134. The number of benzene rings is 1. The molecule has 2 aromatic rings. The molecule has 3 heterocycles. The minimum atomic E-state index is -0.944. The van der Waals surface area contributed by atoms with E-state index in [1.807, 2.05) is 4.90 Å². The van der Waals surface area contributed by atoms with Crippen LogP contribution in [0.2, 0.25) is 0 Å². The zero-order chi connectivity index (χ0) is 20.4. The summed E-state index contributed by atoms with van der Waals surface area (Å²) in [5, 5.41) is 5.37. The second-order valence-corrected chi connectivity index (χ2v) is 6.78. The standard InChI is InChI=1S/C19H21N5O5/c1-28-12-4-2-3-11(9-12)20-17(26)13-10-14(25)21-16-15(13)18(27)23-19(22-16)24-5-7-29-8-6-24/h2-4,9,13H,5-8,10H2,1H3,(H,20,26)(H2,21,22,23,25,27). The second kappa shape index (κ2) is 7.92. The lowest BCUT2D eigenvalue weighted by molar-refractivity contribution is -0.123. The van der Waals surface area contributed by atoms with Crippen LogP contribution >= 0.6 is 0 Å². The summed E-state index contributed by atoms with van der Waals surface area (Å²) >= 11 is 0. The van der Waals surface area contributed by atoms with Crippen molar-refractivity contribution in [1.29, 1.82) is 0 Å². The van der Waals surface area contributed by atoms with Crippen LogP contribution in [-0.4, -0.2) is 55.2 Å². The highest BCUT2D eigenvalue weighted by atomic mass is 16.5. The van der Waals surface area contributed by atoms with Crippen molar-refractivity contribution >= 4 is 29.3 Å². The van der Waals surface area contributed by atoms with Crippen molar-refractivity contribution in [3.05, 3.63) is 40.2 Å². The third-order valence-electron chi connectivity index (χ3n) is 4.90. The summed E-state index contributed by atoms with van der Waals surface area (Å²) in [4.78, 5) is 46.9. The van der Waals surface area contributed by atoms with Crippen LogP contribution in [0.5, 0.6) is 5.75 Å². The van der Waals surface area contributed by atoms with E-state index in [0.29, 0.717) is 43.7 Å². The number of nitrogens with zero attached hydrogens (tertiary/aromatic N) is 2. The summed E-state index contributed by atoms with van der Waals surface area (Å²) in [7, 11) is 1.53. The minimum Gasteiger partial charge on any atom is -0.497 e. The van der Waals surface area contributed by atoms with Crippen molar-refractivity contribution in [1.82, 2.24) is 9.97 Å². The molecule has 1 saturated heterocycles. The van der Waals surface area contributed by atoms with Gasteiger partial charge in [0.15, 0.2) is 0 Å². The molecule has 0 aliphatic carbocycles. The molecule has 1 unspecified atom stereocenters. The van der Waals surface area contributed by atoms with Gasteiger partial charge in [0.25, 0.3) is 5.56 Å². The highest BCUT2D eigenvalue weighted by Crippen LogP contribution is 2.30. The molecule has 4 rings (SSSR count). The van der Waals surface area contributed by atoms with Gasteiger partial charge in [0.1, 0.15) is 11.6 Å². The second-order valence-electron chi connectivity index (χ2n) is 6.78. The van der Waals surface area contributed by atoms with Crippen LogP contribution in [0.1, 0.15) is 17.9 Å². The molecule has 1 atom stereocenters. The third kappa shape index (κ3) is 3.92. The first-order valence-electron chi connectivity index (χ1n) is 9.27. The quantitative estimate of drug-likeness (QED) is 0.690. The van der Waals surface area contributed by atoms with E-state index in [1.54, 1.807) is 24.3 Å². The zero-order valence-corrected chi connectivity index (χ0v) is 15.9. The Bertz CT molecular complexity index is 999. The van der Waals surface area contributed by atoms with Gasteiger partial charge in [-0.25, -0.2) is 0 Å². The van der Waals surface area contributed by atoms with E-state index >= 15 is 0 Å². The number of H-pyrrole nitrogens is 1. The fraction of sp³-hybridized carbons (Fsp3) is 0.368. The topological polar surface area (TPSA) is 126 Å². The molecule has 0 radical (unpaired) electrons. The van der Waals surface area contributed by atoms with Gasteiger partial charge in [0, 0.05) is 31.3 Å². The molecule has 1 fully saturated rings. The maximum atomic E-state index is 12.9. The maximum absolute atomic E-state index is 12.9. The lowest BCUT2D eigenvalue weighted by atomic mass is 9.92. The lowest BCUT2D eigenvalue weighted by Gasteiger charge is -2.29. The van der Waals surface area contributed by atoms with Gasteiger partial charge in [-0.15, -0.1) is 0 Å². The molecule has 0 bridgehead atoms. The fourth-order valence-corrected chi connectivity index (χ4v) is 3.44. The van der Waals surface area contributed by atoms with Crippen LogP contribution in [0.15, 0.2) is 29.1 Å². The zero-order valence-electron chi connectivity index (χ0n) is 15.9. The van der Waals surface area contributed by atoms with Crippen LogP contribution in [0, 0.1) is 0 Å². The number of hydrogen-bond donors (Lipinski definition) is 3. The van der Waals surface area contributed by atoms with Gasteiger partial charge in [-0.2, -0.15) is 4.98 Å². The number of fused-ring (bicyclic) bond motifs is 1. The lowest BCUT2D eigenvalue weighted by Crippen LogP contribution is -2.41. The average Bonchev–Trinajstić information content (AvgIpc) is 2.73. The van der Waals surface area contributed by atoms with Gasteiger partial charge in [0.2, 0.25) is 17.8 Å². The van der Waals surface area contributed by atoms with E-state index in [-0.39, 0.29) is 23.7 Å². The van der Waals surface area contributed by atoms with Crippen molar-refractivity contribution in [2.24, 2.45) is 0 Å². The predicted octanol–water partition coefficient (Wildman–Crippen LogP) is 0.680. The van der Waals surface area contributed by atoms with E-state index in [2.05, 4.69) is 20.6 Å². The SMILES string of the molecule is COc1cccc(NC(=O)C2CC(=O)Nc3nc(N4CCOCC4)[nH]c(=O)c32)c1. The Morgan fingerprint density at radius 3 is 2.86 bits per heavy atom. The first-order valence-corrected chi connectivity index (χ1v) is 9.27. The number of carbonyl (C=O) groups is 2. The fourth-order valence-electron chi connectivity index (χ4n) is 3.44. The van der Waals surface area contributed by atoms with Crippen molar-refractivity contribution in [2.45, 2.75) is 12.3 Å². The van der Waals surface area contributed by atoms with Gasteiger partial charge in [-0.1, -0.05) is 6.07 Å². The average molecular weight is 399 g/mol. The number of aromatic nitrogens is 2. The smallest absolute Gasteiger partial charge is 0.258 e. The molecular formula is C19H21N5O5. The first kappa shape index (κ1) is 18.9. The number of nitrogens with one attached hydrogen (secondary N) is 3. The van der Waals surface area contributed by atoms with Crippen LogP contribution in [0.25, 0.3) is 0 Å². The van der Waals surface area contributed by atoms with Gasteiger partial charge in [0.05, 0.1) is 31.8 Å². The van der Waals surface area contributed by atoms with E-state index < -0.39 is 17.4 Å². The Kier molecular flexibility index (Phi) is 5.17. The largest absolute Gasteiger partial charge is 0.497 e. The highest BCUT2D eigenvalue weighted by molar-refractivity contribution is 6.04. The predicted molar refractivity (Wildman–Crippen MR) is 106 cm³/mol. The molecule has 152 valence electrons. The third-order valence-corrected chi connectivity index (χ3v) is 4.90. The normalized spacial score (nSPS) is 18.6. The Morgan fingerprint density at radius 1 is 1.31 bits per heavy atom. The number of methoxy groups -OCH3 is 1. The van der Waals surface area contributed by atoms with Crippen LogP contribution in [0.4, 0.5) is 17.5 Å². The maximum Gasteiger partial charge on any atom is 0.258 e.